The Labute approximate surface area is 423 Å². The van der Waals surface area contributed by atoms with E-state index in [9.17, 15) is 0 Å². The van der Waals surface area contributed by atoms with Gasteiger partial charge in [0.15, 0.2) is 0 Å². The molecule has 4 heterocycles. The Morgan fingerprint density at radius 2 is 0.761 bits per heavy atom. The van der Waals surface area contributed by atoms with Crippen LogP contribution in [0.25, 0.3) is 0 Å². The molecule has 0 fully saturated rings. The zero-order chi connectivity index (χ0) is 49.7. The van der Waals surface area contributed by atoms with Crippen LogP contribution in [0.3, 0.4) is 0 Å². The van der Waals surface area contributed by atoms with Gasteiger partial charge in [0.1, 0.15) is 36.2 Å². The fourth-order valence-electron chi connectivity index (χ4n) is 10.0. The number of benzene rings is 4. The van der Waals surface area contributed by atoms with Gasteiger partial charge in [-0.1, -0.05) is 86.6 Å². The minimum absolute atomic E-state index is 0.404. The zero-order valence-corrected chi connectivity index (χ0v) is 43.7. The average molecular weight is 961 g/mol. The Kier molecular flexibility index (Phi) is 18.2. The predicted octanol–water partition coefficient (Wildman–Crippen LogP) is 9.91. The lowest BCUT2D eigenvalue weighted by Gasteiger charge is -2.25. The molecule has 9 rings (SSSR count). The number of rotatable bonds is 18. The molecular weight excluding hydrogens is 885 g/mol. The lowest BCUT2D eigenvalue weighted by molar-refractivity contribution is 0.0755. The molecule has 2 aliphatic heterocycles. The Balaban J connectivity index is 1.26. The second-order valence-electron chi connectivity index (χ2n) is 20.1. The second-order valence-corrected chi connectivity index (χ2v) is 20.1. The van der Waals surface area contributed by atoms with Crippen LogP contribution in [-0.4, -0.2) is 111 Å². The van der Waals surface area contributed by atoms with Crippen molar-refractivity contribution in [2.24, 2.45) is 0 Å². The molecule has 1 aliphatic carbocycles. The zero-order valence-electron chi connectivity index (χ0n) is 43.7. The van der Waals surface area contributed by atoms with E-state index in [-0.39, 0.29) is 0 Å². The highest BCUT2D eigenvalue weighted by molar-refractivity contribution is 5.57. The smallest absolute Gasteiger partial charge is 0.126 e. The first-order valence-corrected chi connectivity index (χ1v) is 25.7. The van der Waals surface area contributed by atoms with Crippen molar-refractivity contribution in [3.63, 3.8) is 0 Å². The number of aromatic nitrogens is 2. The van der Waals surface area contributed by atoms with Crippen molar-refractivity contribution >= 4 is 0 Å². The lowest BCUT2D eigenvalue weighted by Crippen LogP contribution is -2.20. The third-order valence-electron chi connectivity index (χ3n) is 12.8. The molecule has 0 saturated carbocycles. The van der Waals surface area contributed by atoms with Gasteiger partial charge in [-0.2, -0.15) is 0 Å². The molecule has 3 aliphatic rings. The van der Waals surface area contributed by atoms with Crippen LogP contribution in [0, 0.1) is 0 Å². The molecule has 71 heavy (non-hydrogen) atoms. The van der Waals surface area contributed by atoms with Gasteiger partial charge in [-0.3, -0.25) is 19.8 Å². The summed E-state index contributed by atoms with van der Waals surface area (Å²) in [5, 5.41) is 0. The maximum Gasteiger partial charge on any atom is 0.126 e. The molecule has 0 N–H and O–H groups in total. The summed E-state index contributed by atoms with van der Waals surface area (Å²) in [6.45, 7) is 11.8. The normalized spacial score (nSPS) is 13.9. The molecule has 0 unspecified atom stereocenters. The van der Waals surface area contributed by atoms with E-state index in [1.165, 1.54) is 11.1 Å². The van der Waals surface area contributed by atoms with Gasteiger partial charge in [0.2, 0.25) is 0 Å². The quantitative estimate of drug-likeness (QED) is 0.0772. The van der Waals surface area contributed by atoms with E-state index in [1.54, 1.807) is 0 Å². The van der Waals surface area contributed by atoms with Crippen molar-refractivity contribution in [3.05, 3.63) is 175 Å². The molecule has 0 atom stereocenters. The molecule has 0 amide bonds. The number of nitrogens with zero attached hydrogens (tertiary/aromatic N) is 6. The van der Waals surface area contributed by atoms with E-state index in [0.29, 0.717) is 65.3 Å². The number of ether oxygens (including phenoxy) is 5. The van der Waals surface area contributed by atoms with E-state index in [2.05, 4.69) is 173 Å². The van der Waals surface area contributed by atoms with Crippen LogP contribution >= 0.6 is 0 Å². The first-order valence-electron chi connectivity index (χ1n) is 25.7. The molecule has 6 aromatic rings. The SMILES string of the molecule is CCCOc1c2cccc1Cc1cc(CN(C)Cc3cccc(CN(C)C)n3)cc3c1OCCOCCOc1c(cc(CN(C)Cc4cccc(CN(C)C)n4)cc1Cc1cccc(c1OCCC)C3)C2. The molecule has 0 radical (unpaired) electrons. The van der Waals surface area contributed by atoms with Gasteiger partial charge in [0, 0.05) is 65.0 Å². The molecule has 4 aromatic carbocycles. The number of hydrogen-bond donors (Lipinski definition) is 0. The summed E-state index contributed by atoms with van der Waals surface area (Å²) in [5.41, 5.74) is 15.7. The van der Waals surface area contributed by atoms with Crippen molar-refractivity contribution in [2.45, 2.75) is 91.6 Å². The molecular formula is C60H76N6O5. The fraction of sp³-hybridized carbons (Fsp3) is 0.433. The fourth-order valence-corrected chi connectivity index (χ4v) is 10.0. The summed E-state index contributed by atoms with van der Waals surface area (Å²) in [7, 11) is 12.7. The summed E-state index contributed by atoms with van der Waals surface area (Å²) in [5.74, 6) is 3.67. The lowest BCUT2D eigenvalue weighted by atomic mass is 9.89. The molecule has 11 heteroatoms. The number of para-hydroxylation sites is 2. The minimum atomic E-state index is 0.404. The van der Waals surface area contributed by atoms with E-state index in [1.807, 2.05) is 0 Å². The van der Waals surface area contributed by atoms with Gasteiger partial charge in [-0.05, 0) is 135 Å². The maximum atomic E-state index is 6.92. The standard InChI is InChI=1S/C60H76N6O5/c1-9-23-68-57-45-15-11-16-46(57)34-50-30-44(38-66(8)42-56-22-14-20-54(62-56)40-64(5)6)32-52-36-48-18-12-17-47(58(48)69-24-10-2)35-51-31-43(37-65(7)41-55-21-13-19-53(61-55)39-63(3)4)29-49(33-45)59(51)70-27-25-67-26-28-71-60(50)52/h11-22,29-32H,9-10,23-28,33-42H2,1-8H3. The van der Waals surface area contributed by atoms with Gasteiger partial charge in [0.25, 0.3) is 0 Å². The van der Waals surface area contributed by atoms with Crippen LogP contribution in [0.1, 0.15) is 105 Å². The summed E-state index contributed by atoms with van der Waals surface area (Å²) in [4.78, 5) is 19.1. The van der Waals surface area contributed by atoms with Crippen LogP contribution < -0.4 is 18.9 Å². The maximum absolute atomic E-state index is 6.92. The van der Waals surface area contributed by atoms with E-state index in [4.69, 9.17) is 33.7 Å². The average Bonchev–Trinajstić information content (AvgIpc) is 3.31. The van der Waals surface area contributed by atoms with Crippen LogP contribution in [0.15, 0.2) is 97.1 Å². The Morgan fingerprint density at radius 3 is 1.10 bits per heavy atom. The highest BCUT2D eigenvalue weighted by Crippen LogP contribution is 2.40. The van der Waals surface area contributed by atoms with Gasteiger partial charge >= 0.3 is 0 Å². The van der Waals surface area contributed by atoms with Gasteiger partial charge in [-0.15, -0.1) is 0 Å². The van der Waals surface area contributed by atoms with Crippen molar-refractivity contribution in [1.29, 1.82) is 0 Å². The Hall–Kier alpha value is -5.82. The third kappa shape index (κ3) is 14.2. The highest BCUT2D eigenvalue weighted by atomic mass is 16.5. The molecule has 2 aromatic heterocycles. The van der Waals surface area contributed by atoms with Crippen LogP contribution in [0.4, 0.5) is 0 Å². The molecule has 0 spiro atoms. The van der Waals surface area contributed by atoms with Gasteiger partial charge < -0.3 is 33.5 Å². The summed E-state index contributed by atoms with van der Waals surface area (Å²) in [6.07, 6.45) is 4.31. The van der Waals surface area contributed by atoms with Crippen molar-refractivity contribution in [1.82, 2.24) is 29.6 Å². The van der Waals surface area contributed by atoms with E-state index < -0.39 is 0 Å². The molecule has 376 valence electrons. The topological polar surface area (TPSA) is 84.9 Å². The van der Waals surface area contributed by atoms with Crippen molar-refractivity contribution in [2.75, 3.05) is 81.9 Å². The predicted molar refractivity (Wildman–Crippen MR) is 284 cm³/mol. The third-order valence-corrected chi connectivity index (χ3v) is 12.8. The monoisotopic (exact) mass is 961 g/mol. The Bertz CT molecular complexity index is 2430. The molecule has 11 nitrogen and oxygen atoms in total. The van der Waals surface area contributed by atoms with Crippen LogP contribution in [0.2, 0.25) is 0 Å². The van der Waals surface area contributed by atoms with E-state index in [0.717, 1.165) is 142 Å². The van der Waals surface area contributed by atoms with Crippen LogP contribution in [-0.2, 0) is 69.7 Å². The minimum Gasteiger partial charge on any atom is -0.493 e. The van der Waals surface area contributed by atoms with Crippen LogP contribution in [0.5, 0.6) is 23.0 Å². The number of pyridine rings is 2. The summed E-state index contributed by atoms with van der Waals surface area (Å²) in [6, 6.07) is 35.4. The van der Waals surface area contributed by atoms with Crippen molar-refractivity contribution < 1.29 is 23.7 Å². The highest BCUT2D eigenvalue weighted by Gasteiger charge is 2.24. The number of hydrogen-bond acceptors (Lipinski definition) is 11. The van der Waals surface area contributed by atoms with Gasteiger partial charge in [-0.25, -0.2) is 0 Å². The van der Waals surface area contributed by atoms with E-state index >= 15 is 0 Å². The second kappa shape index (κ2) is 25.0. The Morgan fingerprint density at radius 1 is 0.423 bits per heavy atom. The molecule has 0 saturated heterocycles. The molecule has 10 bridgehead atoms. The first-order chi connectivity index (χ1) is 34.5. The summed E-state index contributed by atoms with van der Waals surface area (Å²) >= 11 is 0. The number of fused-ring (bicyclic) bond motifs is 6. The van der Waals surface area contributed by atoms with Gasteiger partial charge in [0.05, 0.1) is 49.2 Å². The van der Waals surface area contributed by atoms with Crippen molar-refractivity contribution in [3.8, 4) is 23.0 Å². The largest absolute Gasteiger partial charge is 0.493 e. The summed E-state index contributed by atoms with van der Waals surface area (Å²) < 4.78 is 33.8. The first kappa shape index (κ1) is 51.5.